The van der Waals surface area contributed by atoms with Gasteiger partial charge in [-0.3, -0.25) is 14.6 Å². The van der Waals surface area contributed by atoms with Gasteiger partial charge in [0.2, 0.25) is 5.91 Å². The van der Waals surface area contributed by atoms with Crippen molar-refractivity contribution in [2.24, 2.45) is 0 Å². The lowest BCUT2D eigenvalue weighted by molar-refractivity contribution is -0.137. The Bertz CT molecular complexity index is 658. The summed E-state index contributed by atoms with van der Waals surface area (Å²) >= 11 is 3.35. The third kappa shape index (κ3) is 3.77. The van der Waals surface area contributed by atoms with Crippen molar-refractivity contribution < 1.29 is 14.7 Å². The summed E-state index contributed by atoms with van der Waals surface area (Å²) in [7, 11) is 0. The van der Waals surface area contributed by atoms with E-state index in [1.165, 1.54) is 0 Å². The number of aromatic nitrogens is 1. The van der Waals surface area contributed by atoms with E-state index in [-0.39, 0.29) is 18.7 Å². The molecule has 0 saturated heterocycles. The molecular formula is C14H13BrN2O3. The van der Waals surface area contributed by atoms with Crippen LogP contribution in [0.3, 0.4) is 0 Å². The van der Waals surface area contributed by atoms with Crippen LogP contribution in [-0.2, 0) is 9.59 Å². The number of nitrogens with one attached hydrogen (secondary N) is 1. The molecule has 0 fully saturated rings. The fraction of sp³-hybridized carbons (Fsp3) is 0.214. The number of rotatable bonds is 5. The Hall–Kier alpha value is -1.95. The molecule has 5 nitrogen and oxygen atoms in total. The number of hydrogen-bond donors (Lipinski definition) is 2. The van der Waals surface area contributed by atoms with Gasteiger partial charge in [0.05, 0.1) is 11.2 Å². The number of carboxylic acids is 1. The highest BCUT2D eigenvalue weighted by Gasteiger charge is 2.08. The number of carbonyl (C=O) groups is 2. The molecule has 104 valence electrons. The zero-order valence-electron chi connectivity index (χ0n) is 10.6. The molecule has 6 heteroatoms. The maximum Gasteiger partial charge on any atom is 0.303 e. The van der Waals surface area contributed by atoms with Crippen molar-refractivity contribution in [2.45, 2.75) is 19.3 Å². The van der Waals surface area contributed by atoms with Crippen molar-refractivity contribution in [3.05, 3.63) is 34.9 Å². The maximum absolute atomic E-state index is 11.8. The average Bonchev–Trinajstić information content (AvgIpc) is 2.38. The number of anilines is 1. The molecule has 0 atom stereocenters. The zero-order chi connectivity index (χ0) is 14.5. The van der Waals surface area contributed by atoms with Crippen LogP contribution in [0.15, 0.2) is 34.9 Å². The van der Waals surface area contributed by atoms with E-state index in [1.54, 1.807) is 12.3 Å². The van der Waals surface area contributed by atoms with E-state index in [9.17, 15) is 9.59 Å². The van der Waals surface area contributed by atoms with Crippen LogP contribution >= 0.6 is 15.9 Å². The van der Waals surface area contributed by atoms with Crippen molar-refractivity contribution in [1.29, 1.82) is 0 Å². The van der Waals surface area contributed by atoms with Gasteiger partial charge in [-0.1, -0.05) is 12.1 Å². The minimum Gasteiger partial charge on any atom is -0.481 e. The van der Waals surface area contributed by atoms with Crippen LogP contribution < -0.4 is 5.32 Å². The Labute approximate surface area is 124 Å². The number of benzene rings is 1. The highest BCUT2D eigenvalue weighted by Crippen LogP contribution is 2.24. The summed E-state index contributed by atoms with van der Waals surface area (Å²) in [4.78, 5) is 26.4. The Morgan fingerprint density at radius 3 is 2.85 bits per heavy atom. The molecule has 20 heavy (non-hydrogen) atoms. The third-order valence-corrected chi connectivity index (χ3v) is 3.18. The van der Waals surface area contributed by atoms with Crippen molar-refractivity contribution in [1.82, 2.24) is 4.98 Å². The minimum absolute atomic E-state index is 0.00580. The average molecular weight is 337 g/mol. The number of carbonyl (C=O) groups excluding carboxylic acids is 1. The molecule has 0 saturated carbocycles. The second kappa shape index (κ2) is 6.47. The van der Waals surface area contributed by atoms with E-state index >= 15 is 0 Å². The minimum atomic E-state index is -0.894. The molecule has 0 aliphatic rings. The van der Waals surface area contributed by atoms with E-state index in [0.717, 1.165) is 9.86 Å². The van der Waals surface area contributed by atoms with Crippen LogP contribution in [0.1, 0.15) is 19.3 Å². The van der Waals surface area contributed by atoms with Crippen LogP contribution in [0.5, 0.6) is 0 Å². The first kappa shape index (κ1) is 14.5. The second-order valence-corrected chi connectivity index (χ2v) is 5.24. The first-order valence-electron chi connectivity index (χ1n) is 6.12. The van der Waals surface area contributed by atoms with Crippen molar-refractivity contribution in [3.63, 3.8) is 0 Å². The van der Waals surface area contributed by atoms with Crippen LogP contribution in [-0.4, -0.2) is 22.0 Å². The smallest absolute Gasteiger partial charge is 0.303 e. The van der Waals surface area contributed by atoms with Crippen molar-refractivity contribution in [3.8, 4) is 0 Å². The Morgan fingerprint density at radius 2 is 2.10 bits per heavy atom. The zero-order valence-corrected chi connectivity index (χ0v) is 12.2. The SMILES string of the molecule is O=C(O)CCCC(=O)Nc1cccc2cc(Br)cnc12. The van der Waals surface area contributed by atoms with Crippen molar-refractivity contribution >= 4 is 44.4 Å². The molecule has 0 spiro atoms. The number of halogens is 1. The normalized spacial score (nSPS) is 10.4. The van der Waals surface area contributed by atoms with E-state index in [0.29, 0.717) is 17.6 Å². The van der Waals surface area contributed by atoms with Gasteiger partial charge in [0.1, 0.15) is 0 Å². The number of nitrogens with zero attached hydrogens (tertiary/aromatic N) is 1. The van der Waals surface area contributed by atoms with Crippen LogP contribution in [0.25, 0.3) is 10.9 Å². The number of fused-ring (bicyclic) bond motifs is 1. The molecule has 0 radical (unpaired) electrons. The van der Waals surface area contributed by atoms with Crippen LogP contribution in [0.2, 0.25) is 0 Å². The monoisotopic (exact) mass is 336 g/mol. The molecule has 0 bridgehead atoms. The standard InChI is InChI=1S/C14H13BrN2O3/c15-10-7-9-3-1-4-11(14(9)16-8-10)17-12(18)5-2-6-13(19)20/h1,3-4,7-8H,2,5-6H2,(H,17,18)(H,19,20). The predicted molar refractivity (Wildman–Crippen MR) is 79.6 cm³/mol. The van der Waals surface area contributed by atoms with Gasteiger partial charge in [-0.2, -0.15) is 0 Å². The van der Waals surface area contributed by atoms with E-state index < -0.39 is 5.97 Å². The fourth-order valence-electron chi connectivity index (χ4n) is 1.85. The topological polar surface area (TPSA) is 79.3 Å². The molecular weight excluding hydrogens is 324 g/mol. The molecule has 2 rings (SSSR count). The largest absolute Gasteiger partial charge is 0.481 e. The lowest BCUT2D eigenvalue weighted by atomic mass is 10.2. The highest BCUT2D eigenvalue weighted by atomic mass is 79.9. The molecule has 0 aliphatic carbocycles. The number of amides is 1. The van der Waals surface area contributed by atoms with Gasteiger partial charge in [-0.25, -0.2) is 0 Å². The second-order valence-electron chi connectivity index (χ2n) is 4.33. The Morgan fingerprint density at radius 1 is 1.30 bits per heavy atom. The first-order valence-corrected chi connectivity index (χ1v) is 6.91. The summed E-state index contributed by atoms with van der Waals surface area (Å²) in [5.41, 5.74) is 1.35. The van der Waals surface area contributed by atoms with Crippen LogP contribution in [0, 0.1) is 0 Å². The van der Waals surface area contributed by atoms with E-state index in [1.807, 2.05) is 18.2 Å². The van der Waals surface area contributed by atoms with Gasteiger partial charge < -0.3 is 10.4 Å². The number of hydrogen-bond acceptors (Lipinski definition) is 3. The molecule has 2 N–H and O–H groups in total. The quantitative estimate of drug-likeness (QED) is 0.878. The summed E-state index contributed by atoms with van der Waals surface area (Å²) in [6.45, 7) is 0. The van der Waals surface area contributed by atoms with Gasteiger partial charge in [-0.15, -0.1) is 0 Å². The highest BCUT2D eigenvalue weighted by molar-refractivity contribution is 9.10. The van der Waals surface area contributed by atoms with Gasteiger partial charge in [-0.05, 0) is 34.5 Å². The summed E-state index contributed by atoms with van der Waals surface area (Å²) < 4.78 is 0.870. The van der Waals surface area contributed by atoms with Crippen LogP contribution in [0.4, 0.5) is 5.69 Å². The van der Waals surface area contributed by atoms with Crippen molar-refractivity contribution in [2.75, 3.05) is 5.32 Å². The number of aliphatic carboxylic acids is 1. The third-order valence-electron chi connectivity index (χ3n) is 2.75. The predicted octanol–water partition coefficient (Wildman–Crippen LogP) is 3.19. The molecule has 0 aliphatic heterocycles. The number of para-hydroxylation sites is 1. The molecule has 1 amide bonds. The van der Waals surface area contributed by atoms with Gasteiger partial charge in [0.15, 0.2) is 0 Å². The molecule has 2 aromatic rings. The fourth-order valence-corrected chi connectivity index (χ4v) is 2.20. The Kier molecular flexibility index (Phi) is 4.68. The lowest BCUT2D eigenvalue weighted by Gasteiger charge is -2.08. The molecule has 1 heterocycles. The van der Waals surface area contributed by atoms with E-state index in [2.05, 4.69) is 26.2 Å². The molecule has 1 aromatic carbocycles. The van der Waals surface area contributed by atoms with E-state index in [4.69, 9.17) is 5.11 Å². The number of carboxylic acid groups (broad SMARTS) is 1. The summed E-state index contributed by atoms with van der Waals surface area (Å²) in [6, 6.07) is 7.44. The maximum atomic E-state index is 11.8. The summed E-state index contributed by atoms with van der Waals surface area (Å²) in [6.07, 6.45) is 2.17. The molecule has 0 unspecified atom stereocenters. The lowest BCUT2D eigenvalue weighted by Crippen LogP contribution is -2.12. The first-order chi connectivity index (χ1) is 9.56. The Balaban J connectivity index is 2.09. The summed E-state index contributed by atoms with van der Waals surface area (Å²) in [5, 5.41) is 12.2. The number of pyridine rings is 1. The molecule has 1 aromatic heterocycles. The van der Waals surface area contributed by atoms with Gasteiger partial charge in [0, 0.05) is 28.9 Å². The summed E-state index contributed by atoms with van der Waals surface area (Å²) in [5.74, 6) is -1.10. The van der Waals surface area contributed by atoms with Gasteiger partial charge >= 0.3 is 5.97 Å². The van der Waals surface area contributed by atoms with Gasteiger partial charge in [0.25, 0.3) is 0 Å².